The summed E-state index contributed by atoms with van der Waals surface area (Å²) < 4.78 is 0. The van der Waals surface area contributed by atoms with Gasteiger partial charge >= 0.3 is 5.97 Å². The van der Waals surface area contributed by atoms with Crippen LogP contribution < -0.4 is 0 Å². The first-order chi connectivity index (χ1) is 19.7. The van der Waals surface area contributed by atoms with Crippen LogP contribution in [0.15, 0.2) is 50.1 Å². The lowest BCUT2D eigenvalue weighted by Gasteiger charge is -2.05. The number of allylic oxidation sites excluding steroid dienone is 5. The number of aliphatic carboxylic acids is 1. The summed E-state index contributed by atoms with van der Waals surface area (Å²) in [6, 6.07) is 8.27. The van der Waals surface area contributed by atoms with Crippen molar-refractivity contribution in [3.05, 3.63) is 95.1 Å². The van der Waals surface area contributed by atoms with E-state index < -0.39 is 5.97 Å². The molecule has 0 radical (unpaired) electrons. The Balaban J connectivity index is 1.94. The van der Waals surface area contributed by atoms with Gasteiger partial charge in [-0.25, -0.2) is 9.97 Å². The van der Waals surface area contributed by atoms with Crippen LogP contribution in [0.2, 0.25) is 0 Å². The van der Waals surface area contributed by atoms with Gasteiger partial charge in [0.05, 0.1) is 22.8 Å². The fraction of sp³-hybridized carbons (Fsp3) is 0.229. The molecule has 208 valence electrons. The first kappa shape index (κ1) is 27.8. The number of aryl methyl sites for hydroxylation is 2. The van der Waals surface area contributed by atoms with Crippen LogP contribution in [0.4, 0.5) is 0 Å². The van der Waals surface area contributed by atoms with Crippen molar-refractivity contribution >= 4 is 62.5 Å². The minimum Gasteiger partial charge on any atom is -0.481 e. The van der Waals surface area contributed by atoms with Gasteiger partial charge in [0.15, 0.2) is 0 Å². The van der Waals surface area contributed by atoms with Crippen LogP contribution in [0.3, 0.4) is 0 Å². The number of aromatic amines is 2. The van der Waals surface area contributed by atoms with Gasteiger partial charge in [0.2, 0.25) is 0 Å². The maximum atomic E-state index is 11.5. The molecule has 0 aromatic carbocycles. The minimum absolute atomic E-state index is 0.0303. The molecule has 0 atom stereocenters. The second kappa shape index (κ2) is 11.0. The van der Waals surface area contributed by atoms with E-state index in [1.807, 2.05) is 37.3 Å². The lowest BCUT2D eigenvalue weighted by Crippen LogP contribution is -1.95. The second-order valence-electron chi connectivity index (χ2n) is 10.7. The highest BCUT2D eigenvalue weighted by atomic mass is 16.4. The van der Waals surface area contributed by atoms with Gasteiger partial charge in [0, 0.05) is 39.6 Å². The minimum atomic E-state index is -0.833. The molecule has 6 nitrogen and oxygen atoms in total. The van der Waals surface area contributed by atoms with Crippen LogP contribution in [0.25, 0.3) is 56.5 Å². The highest BCUT2D eigenvalue weighted by Crippen LogP contribution is 2.38. The number of aromatic nitrogens is 4. The average molecular weight is 545 g/mol. The van der Waals surface area contributed by atoms with E-state index in [0.29, 0.717) is 6.42 Å². The lowest BCUT2D eigenvalue weighted by molar-refractivity contribution is -0.136. The van der Waals surface area contributed by atoms with Crippen molar-refractivity contribution in [1.82, 2.24) is 19.9 Å². The summed E-state index contributed by atoms with van der Waals surface area (Å²) in [7, 11) is 0. The summed E-state index contributed by atoms with van der Waals surface area (Å²) in [5.74, 6) is -0.833. The van der Waals surface area contributed by atoms with Gasteiger partial charge in [-0.15, -0.1) is 6.58 Å². The Labute approximate surface area is 240 Å². The fourth-order valence-electron chi connectivity index (χ4n) is 5.78. The first-order valence-corrected chi connectivity index (χ1v) is 13.9. The predicted octanol–water partition coefficient (Wildman–Crippen LogP) is 8.91. The molecule has 0 spiro atoms. The molecule has 6 heteroatoms. The van der Waals surface area contributed by atoms with Crippen molar-refractivity contribution in [2.45, 2.75) is 53.4 Å². The van der Waals surface area contributed by atoms with Gasteiger partial charge in [-0.05, 0) is 105 Å². The molecular formula is C35H36N4O2. The maximum Gasteiger partial charge on any atom is 0.303 e. The van der Waals surface area contributed by atoms with Crippen LogP contribution in [0.1, 0.15) is 84.6 Å². The molecule has 0 unspecified atom stereocenters. The largest absolute Gasteiger partial charge is 0.481 e. The number of fused-ring (bicyclic) bond motifs is 8. The number of nitrogens with one attached hydrogen (secondary N) is 2. The van der Waals surface area contributed by atoms with Gasteiger partial charge in [-0.2, -0.15) is 0 Å². The number of carbonyl (C=O) groups is 1. The van der Waals surface area contributed by atoms with E-state index in [2.05, 4.69) is 62.6 Å². The molecular weight excluding hydrogens is 508 g/mol. The molecule has 0 saturated carbocycles. The van der Waals surface area contributed by atoms with Crippen molar-refractivity contribution in [2.75, 3.05) is 0 Å². The molecule has 5 rings (SSSR count). The smallest absolute Gasteiger partial charge is 0.303 e. The van der Waals surface area contributed by atoms with Crippen LogP contribution in [-0.4, -0.2) is 31.0 Å². The topological polar surface area (TPSA) is 94.7 Å². The number of hydrogen-bond acceptors (Lipinski definition) is 3. The predicted molar refractivity (Wildman–Crippen MR) is 172 cm³/mol. The highest BCUT2D eigenvalue weighted by molar-refractivity contribution is 5.96. The van der Waals surface area contributed by atoms with Gasteiger partial charge in [0.25, 0.3) is 0 Å². The number of rotatable bonds is 8. The van der Waals surface area contributed by atoms with Crippen molar-refractivity contribution in [3.8, 4) is 0 Å². The second-order valence-corrected chi connectivity index (χ2v) is 10.7. The van der Waals surface area contributed by atoms with Crippen molar-refractivity contribution in [2.24, 2.45) is 0 Å². The molecule has 3 aromatic heterocycles. The molecule has 2 aliphatic heterocycles. The Morgan fingerprint density at radius 3 is 1.73 bits per heavy atom. The SMILES string of the molecule is C=CCCC1=C(C)c2cc3[nH]c(cc4[nH]c(cc5nc(cc1n2)C(CCC(=O)O)=C5C)c(C)c4C=C)c(C)c3C=C. The van der Waals surface area contributed by atoms with E-state index in [1.165, 1.54) is 0 Å². The standard InChI is InChI=1S/C35H36N4O2/c1-8-11-12-25-21(6)30-17-32-24(10-3)20(5)29(37-32)16-31-23(9-2)19(4)27(36-31)15-28-22(7)26(13-14-35(40)41)34(38-28)18-33(25)39-30/h8-10,15-18,36-37H,1-3,11-14H2,4-7H3,(H,40,41). The molecule has 41 heavy (non-hydrogen) atoms. The van der Waals surface area contributed by atoms with Gasteiger partial charge < -0.3 is 15.1 Å². The van der Waals surface area contributed by atoms with E-state index in [-0.39, 0.29) is 6.42 Å². The number of nitrogens with zero attached hydrogens (tertiary/aromatic N) is 2. The molecule has 0 aliphatic carbocycles. The average Bonchev–Trinajstić information content (AvgIpc) is 3.59. The van der Waals surface area contributed by atoms with Crippen molar-refractivity contribution in [1.29, 1.82) is 0 Å². The molecule has 0 amide bonds. The van der Waals surface area contributed by atoms with E-state index in [9.17, 15) is 9.90 Å². The summed E-state index contributed by atoms with van der Waals surface area (Å²) in [4.78, 5) is 28.8. The fourth-order valence-corrected chi connectivity index (χ4v) is 5.78. The van der Waals surface area contributed by atoms with Crippen LogP contribution in [0, 0.1) is 13.8 Å². The Hall–Kier alpha value is -4.71. The van der Waals surface area contributed by atoms with E-state index in [4.69, 9.17) is 9.97 Å². The van der Waals surface area contributed by atoms with E-state index >= 15 is 0 Å². The summed E-state index contributed by atoms with van der Waals surface area (Å²) in [5, 5.41) is 9.47. The van der Waals surface area contributed by atoms with Crippen LogP contribution >= 0.6 is 0 Å². The number of carboxylic acid groups (broad SMARTS) is 1. The third kappa shape index (κ3) is 5.02. The van der Waals surface area contributed by atoms with Crippen LogP contribution in [0.5, 0.6) is 0 Å². The third-order valence-corrected chi connectivity index (χ3v) is 8.23. The monoisotopic (exact) mass is 544 g/mol. The quantitative estimate of drug-likeness (QED) is 0.247. The Kier molecular flexibility index (Phi) is 7.50. The van der Waals surface area contributed by atoms with E-state index in [0.717, 1.165) is 102 Å². The molecule has 3 aromatic rings. The summed E-state index contributed by atoms with van der Waals surface area (Å²) in [5.41, 5.74) is 15.5. The highest BCUT2D eigenvalue weighted by Gasteiger charge is 2.22. The number of carboxylic acids is 1. The summed E-state index contributed by atoms with van der Waals surface area (Å²) >= 11 is 0. The molecule has 2 aliphatic rings. The van der Waals surface area contributed by atoms with Gasteiger partial charge in [-0.1, -0.05) is 31.4 Å². The Morgan fingerprint density at radius 1 is 0.732 bits per heavy atom. The zero-order valence-corrected chi connectivity index (χ0v) is 24.2. The molecule has 0 saturated heterocycles. The molecule has 3 N–H and O–H groups in total. The lowest BCUT2D eigenvalue weighted by atomic mass is 9.98. The van der Waals surface area contributed by atoms with Gasteiger partial charge in [0.1, 0.15) is 0 Å². The maximum absolute atomic E-state index is 11.5. The Morgan fingerprint density at radius 2 is 1.22 bits per heavy atom. The molecule has 0 fully saturated rings. The van der Waals surface area contributed by atoms with Crippen molar-refractivity contribution < 1.29 is 9.90 Å². The molecule has 5 heterocycles. The number of H-pyrrole nitrogens is 2. The van der Waals surface area contributed by atoms with E-state index in [1.54, 1.807) is 0 Å². The zero-order valence-electron chi connectivity index (χ0n) is 24.2. The Bertz CT molecular complexity index is 1860. The summed E-state index contributed by atoms with van der Waals surface area (Å²) in [6.07, 6.45) is 7.72. The third-order valence-electron chi connectivity index (χ3n) is 8.23. The zero-order chi connectivity index (χ0) is 29.4. The van der Waals surface area contributed by atoms with Crippen LogP contribution in [-0.2, 0) is 4.79 Å². The molecule has 8 bridgehead atoms. The normalized spacial score (nSPS) is 13.1. The summed E-state index contributed by atoms with van der Waals surface area (Å²) in [6.45, 7) is 20.4. The first-order valence-electron chi connectivity index (χ1n) is 13.9. The number of hydrogen-bond donors (Lipinski definition) is 3. The van der Waals surface area contributed by atoms with Crippen molar-refractivity contribution in [3.63, 3.8) is 0 Å². The van der Waals surface area contributed by atoms with Gasteiger partial charge in [-0.3, -0.25) is 4.79 Å².